The SMILES string of the molecule is CC=C/C=N\C(=C/C)C(=O)N[C@H]1CN(C(=O)CO)c2ccccc2N(CC(=O)N[C@H](C=O)CC(=O)O)C1=O. The average molecular weight is 528 g/mol. The molecule has 0 aromatic heterocycles. The molecule has 13 nitrogen and oxygen atoms in total. The van der Waals surface area contributed by atoms with E-state index in [0.717, 1.165) is 9.80 Å². The molecule has 1 heterocycles. The van der Waals surface area contributed by atoms with Crippen molar-refractivity contribution in [2.75, 3.05) is 29.5 Å². The Hall–Kier alpha value is -4.65. The number of carboxylic acid groups (broad SMARTS) is 1. The quantitative estimate of drug-likeness (QED) is 0.169. The fraction of sp³-hybridized carbons (Fsp3) is 0.320. The number of carbonyl (C=O) groups excluding carboxylic acids is 5. The molecule has 0 unspecified atom stereocenters. The van der Waals surface area contributed by atoms with E-state index in [1.807, 2.05) is 0 Å². The van der Waals surface area contributed by atoms with Crippen LogP contribution < -0.4 is 20.4 Å². The van der Waals surface area contributed by atoms with Gasteiger partial charge in [-0.05, 0) is 32.1 Å². The number of nitrogens with one attached hydrogen (secondary N) is 2. The number of aliphatic hydroxyl groups is 1. The van der Waals surface area contributed by atoms with Crippen molar-refractivity contribution in [2.45, 2.75) is 32.4 Å². The molecular formula is C25H29N5O8. The maximum Gasteiger partial charge on any atom is 0.305 e. The van der Waals surface area contributed by atoms with E-state index < -0.39 is 61.3 Å². The normalized spacial score (nSPS) is 16.7. The van der Waals surface area contributed by atoms with Crippen molar-refractivity contribution >= 4 is 53.5 Å². The predicted molar refractivity (Wildman–Crippen MR) is 137 cm³/mol. The molecule has 0 fully saturated rings. The lowest BCUT2D eigenvalue weighted by Crippen LogP contribution is -2.55. The minimum atomic E-state index is -1.36. The zero-order valence-corrected chi connectivity index (χ0v) is 20.9. The second-order valence-corrected chi connectivity index (χ2v) is 7.99. The van der Waals surface area contributed by atoms with Gasteiger partial charge in [-0.2, -0.15) is 0 Å². The lowest BCUT2D eigenvalue weighted by atomic mass is 10.2. The minimum absolute atomic E-state index is 0.00974. The third kappa shape index (κ3) is 7.67. The van der Waals surface area contributed by atoms with Crippen molar-refractivity contribution in [1.82, 2.24) is 10.6 Å². The van der Waals surface area contributed by atoms with Crippen molar-refractivity contribution in [1.29, 1.82) is 0 Å². The minimum Gasteiger partial charge on any atom is -0.481 e. The molecule has 0 aliphatic carbocycles. The number of amides is 4. The third-order valence-corrected chi connectivity index (χ3v) is 5.34. The van der Waals surface area contributed by atoms with Crippen LogP contribution in [0.1, 0.15) is 20.3 Å². The van der Waals surface area contributed by atoms with Crippen LogP contribution in [-0.4, -0.2) is 84.1 Å². The molecule has 202 valence electrons. The smallest absolute Gasteiger partial charge is 0.305 e. The zero-order valence-electron chi connectivity index (χ0n) is 20.9. The highest BCUT2D eigenvalue weighted by molar-refractivity contribution is 6.11. The molecule has 2 rings (SSSR count). The number of nitrogens with zero attached hydrogens (tertiary/aromatic N) is 3. The molecule has 4 N–H and O–H groups in total. The monoisotopic (exact) mass is 527 g/mol. The largest absolute Gasteiger partial charge is 0.481 e. The fourth-order valence-corrected chi connectivity index (χ4v) is 3.60. The Bertz CT molecular complexity index is 1180. The summed E-state index contributed by atoms with van der Waals surface area (Å²) < 4.78 is 0. The van der Waals surface area contributed by atoms with E-state index in [9.17, 15) is 33.9 Å². The second-order valence-electron chi connectivity index (χ2n) is 7.99. The molecule has 0 bridgehead atoms. The molecule has 13 heteroatoms. The highest BCUT2D eigenvalue weighted by Gasteiger charge is 2.38. The van der Waals surface area contributed by atoms with Crippen LogP contribution in [0.2, 0.25) is 0 Å². The van der Waals surface area contributed by atoms with E-state index in [4.69, 9.17) is 5.11 Å². The van der Waals surface area contributed by atoms with Gasteiger partial charge in [0.2, 0.25) is 5.91 Å². The van der Waals surface area contributed by atoms with Gasteiger partial charge in [-0.1, -0.05) is 24.3 Å². The van der Waals surface area contributed by atoms with Crippen molar-refractivity contribution in [2.24, 2.45) is 4.99 Å². The zero-order chi connectivity index (χ0) is 28.2. The number of hydrogen-bond acceptors (Lipinski definition) is 8. The van der Waals surface area contributed by atoms with E-state index in [2.05, 4.69) is 15.6 Å². The lowest BCUT2D eigenvalue weighted by Gasteiger charge is -2.25. The van der Waals surface area contributed by atoms with Crippen LogP contribution in [0.3, 0.4) is 0 Å². The first kappa shape index (κ1) is 29.6. The van der Waals surface area contributed by atoms with Crippen molar-refractivity contribution in [3.8, 4) is 0 Å². The van der Waals surface area contributed by atoms with Gasteiger partial charge in [0.05, 0.1) is 30.4 Å². The number of carboxylic acids is 1. The van der Waals surface area contributed by atoms with Crippen molar-refractivity contribution in [3.63, 3.8) is 0 Å². The van der Waals surface area contributed by atoms with Crippen LogP contribution in [0.4, 0.5) is 11.4 Å². The number of fused-ring (bicyclic) bond motifs is 1. The first-order valence-electron chi connectivity index (χ1n) is 11.6. The van der Waals surface area contributed by atoms with E-state index in [1.54, 1.807) is 38.1 Å². The summed E-state index contributed by atoms with van der Waals surface area (Å²) >= 11 is 0. The van der Waals surface area contributed by atoms with E-state index >= 15 is 0 Å². The van der Waals surface area contributed by atoms with Crippen LogP contribution in [0.25, 0.3) is 0 Å². The number of benzene rings is 1. The molecule has 0 radical (unpaired) electrons. The molecule has 1 aromatic rings. The Kier molecular flexibility index (Phi) is 11.0. The number of aldehydes is 1. The van der Waals surface area contributed by atoms with Gasteiger partial charge < -0.3 is 30.5 Å². The Morgan fingerprint density at radius 3 is 2.45 bits per heavy atom. The van der Waals surface area contributed by atoms with Gasteiger partial charge in [0.15, 0.2) is 0 Å². The topological polar surface area (TPSA) is 186 Å². The van der Waals surface area contributed by atoms with E-state index in [-0.39, 0.29) is 29.9 Å². The number of anilines is 2. The van der Waals surface area contributed by atoms with Gasteiger partial charge in [-0.3, -0.25) is 33.9 Å². The number of allylic oxidation sites excluding steroid dienone is 3. The number of aliphatic hydroxyl groups excluding tert-OH is 1. The van der Waals surface area contributed by atoms with Crippen LogP contribution >= 0.6 is 0 Å². The summed E-state index contributed by atoms with van der Waals surface area (Å²) in [6, 6.07) is 3.43. The molecule has 0 saturated heterocycles. The predicted octanol–water partition coefficient (Wildman–Crippen LogP) is -0.448. The highest BCUT2D eigenvalue weighted by atomic mass is 16.4. The van der Waals surface area contributed by atoms with Gasteiger partial charge >= 0.3 is 5.97 Å². The number of rotatable bonds is 11. The number of carbonyl (C=O) groups is 6. The molecule has 1 aliphatic heterocycles. The molecule has 2 atom stereocenters. The average Bonchev–Trinajstić information content (AvgIpc) is 3.00. The lowest BCUT2D eigenvalue weighted by molar-refractivity contribution is -0.139. The fourth-order valence-electron chi connectivity index (χ4n) is 3.60. The summed E-state index contributed by atoms with van der Waals surface area (Å²) in [5.41, 5.74) is 0.313. The molecule has 0 spiro atoms. The number of para-hydroxylation sites is 2. The molecule has 1 aromatic carbocycles. The first-order chi connectivity index (χ1) is 18.2. The number of aliphatic carboxylic acids is 1. The van der Waals surface area contributed by atoms with Crippen LogP contribution in [0.5, 0.6) is 0 Å². The summed E-state index contributed by atoms with van der Waals surface area (Å²) in [6.45, 7) is 1.45. The van der Waals surface area contributed by atoms with Crippen LogP contribution in [0, 0.1) is 0 Å². The summed E-state index contributed by atoms with van der Waals surface area (Å²) in [6.07, 6.45) is 5.73. The summed E-state index contributed by atoms with van der Waals surface area (Å²) in [5, 5.41) is 23.2. The van der Waals surface area contributed by atoms with E-state index in [1.165, 1.54) is 24.4 Å². The van der Waals surface area contributed by atoms with Crippen LogP contribution in [-0.2, 0) is 28.8 Å². The second kappa shape index (κ2) is 14.2. The highest BCUT2D eigenvalue weighted by Crippen LogP contribution is 2.33. The van der Waals surface area contributed by atoms with Gasteiger partial charge in [-0.25, -0.2) is 0 Å². The Morgan fingerprint density at radius 1 is 1.18 bits per heavy atom. The molecule has 38 heavy (non-hydrogen) atoms. The van der Waals surface area contributed by atoms with Gasteiger partial charge in [-0.15, -0.1) is 0 Å². The van der Waals surface area contributed by atoms with E-state index in [0.29, 0.717) is 0 Å². The Labute approximate surface area is 218 Å². The standard InChI is InChI=1S/C25H29N5O8/c1-3-5-10-26-17(4-2)24(37)28-18-12-29(22(34)15-32)19-8-6-7-9-20(19)30(25(18)38)13-21(33)27-16(14-31)11-23(35)36/h3-10,14,16,18,32H,11-13,15H2,1-2H3,(H,27,33)(H,28,37)(H,35,36)/b5-3?,17-4-,26-10-/t16-,18-/m0/s1. The van der Waals surface area contributed by atoms with Gasteiger partial charge in [0.25, 0.3) is 17.7 Å². The Morgan fingerprint density at radius 2 is 1.87 bits per heavy atom. The maximum atomic E-state index is 13.6. The van der Waals surface area contributed by atoms with Crippen molar-refractivity contribution in [3.05, 3.63) is 48.2 Å². The Balaban J connectivity index is 2.46. The van der Waals surface area contributed by atoms with Gasteiger partial charge in [0, 0.05) is 6.21 Å². The third-order valence-electron chi connectivity index (χ3n) is 5.34. The number of hydrogen-bond donors (Lipinski definition) is 4. The molecular weight excluding hydrogens is 498 g/mol. The number of aliphatic imine (C=N–C) groups is 1. The molecule has 4 amide bonds. The summed E-state index contributed by atoms with van der Waals surface area (Å²) in [4.78, 5) is 80.2. The first-order valence-corrected chi connectivity index (χ1v) is 11.6. The van der Waals surface area contributed by atoms with Crippen LogP contribution in [0.15, 0.2) is 53.2 Å². The summed E-state index contributed by atoms with van der Waals surface area (Å²) in [5.74, 6) is -4.39. The summed E-state index contributed by atoms with van der Waals surface area (Å²) in [7, 11) is 0. The van der Waals surface area contributed by atoms with Gasteiger partial charge in [0.1, 0.15) is 31.2 Å². The molecule has 0 saturated carbocycles. The molecule has 1 aliphatic rings. The maximum absolute atomic E-state index is 13.6. The van der Waals surface area contributed by atoms with Crippen molar-refractivity contribution < 1.29 is 39.0 Å².